The molecule has 0 spiro atoms. The Hall–Kier alpha value is -4.20. The monoisotopic (exact) mass is 523 g/mol. The van der Waals surface area contributed by atoms with Crippen LogP contribution in [0.15, 0.2) is 65.6 Å². The third-order valence-corrected chi connectivity index (χ3v) is 7.97. The number of hydrogen-bond donors (Lipinski definition) is 1. The molecule has 0 bridgehead atoms. The van der Waals surface area contributed by atoms with Gasteiger partial charge < -0.3 is 10.0 Å². The average Bonchev–Trinajstić information content (AvgIpc) is 3.48. The van der Waals surface area contributed by atoms with Crippen molar-refractivity contribution in [3.05, 3.63) is 93.4 Å². The van der Waals surface area contributed by atoms with E-state index < -0.39 is 17.3 Å². The van der Waals surface area contributed by atoms with Crippen LogP contribution in [0.3, 0.4) is 0 Å². The Balaban J connectivity index is 1.48. The summed E-state index contributed by atoms with van der Waals surface area (Å²) in [6.45, 7) is 5.08. The number of amides is 1. The second-order valence-corrected chi connectivity index (χ2v) is 10.5. The Morgan fingerprint density at radius 3 is 2.36 bits per heavy atom. The van der Waals surface area contributed by atoms with Crippen molar-refractivity contribution in [2.24, 2.45) is 0 Å². The number of hydrogen-bond acceptors (Lipinski definition) is 5. The van der Waals surface area contributed by atoms with Gasteiger partial charge >= 0.3 is 0 Å². The number of benzene rings is 2. The van der Waals surface area contributed by atoms with Crippen molar-refractivity contribution in [1.29, 1.82) is 0 Å². The maximum Gasteiger partial charge on any atom is 0.275 e. The van der Waals surface area contributed by atoms with Crippen LogP contribution in [0.25, 0.3) is 17.2 Å². The summed E-state index contributed by atoms with van der Waals surface area (Å²) in [6.07, 6.45) is 6.21. The molecule has 2 fully saturated rings. The minimum absolute atomic E-state index is 0.186. The van der Waals surface area contributed by atoms with E-state index in [1.54, 1.807) is 4.90 Å². The van der Waals surface area contributed by atoms with E-state index in [2.05, 4.69) is 17.1 Å². The van der Waals surface area contributed by atoms with Crippen LogP contribution in [-0.4, -0.2) is 48.3 Å². The molecule has 4 aromatic rings. The van der Waals surface area contributed by atoms with Gasteiger partial charge in [0.25, 0.3) is 11.5 Å². The van der Waals surface area contributed by atoms with E-state index >= 15 is 0 Å². The van der Waals surface area contributed by atoms with Crippen molar-refractivity contribution in [3.63, 3.8) is 0 Å². The first-order chi connectivity index (χ1) is 19.0. The SMILES string of the molecule is CCc1cccc(CC)c1-n1c(-c2ccn(C3CC3)n2)nc(O)c(C(=O)N2CC[C@@H](c3ccccc3)C2)c1=O. The molecule has 1 N–H and O–H groups in total. The highest BCUT2D eigenvalue weighted by molar-refractivity contribution is 5.96. The summed E-state index contributed by atoms with van der Waals surface area (Å²) in [4.78, 5) is 34.3. The van der Waals surface area contributed by atoms with Gasteiger partial charge in [-0.1, -0.05) is 62.4 Å². The molecule has 1 atom stereocenters. The van der Waals surface area contributed by atoms with Gasteiger partial charge in [0.15, 0.2) is 11.4 Å². The Morgan fingerprint density at radius 1 is 0.974 bits per heavy atom. The topological polar surface area (TPSA) is 93.2 Å². The fourth-order valence-electron chi connectivity index (χ4n) is 5.68. The first-order valence-corrected chi connectivity index (χ1v) is 13.9. The van der Waals surface area contributed by atoms with E-state index in [0.29, 0.717) is 43.4 Å². The Bertz CT molecular complexity index is 1560. The van der Waals surface area contributed by atoms with Gasteiger partial charge in [0.1, 0.15) is 5.69 Å². The highest BCUT2D eigenvalue weighted by atomic mass is 16.3. The fourth-order valence-corrected chi connectivity index (χ4v) is 5.68. The maximum atomic E-state index is 14.3. The van der Waals surface area contributed by atoms with E-state index in [0.717, 1.165) is 30.4 Å². The second-order valence-electron chi connectivity index (χ2n) is 10.5. The number of para-hydroxylation sites is 1. The van der Waals surface area contributed by atoms with Crippen molar-refractivity contribution in [1.82, 2.24) is 24.2 Å². The number of nitrogens with zero attached hydrogens (tertiary/aromatic N) is 5. The van der Waals surface area contributed by atoms with Crippen molar-refractivity contribution < 1.29 is 9.90 Å². The number of aryl methyl sites for hydroxylation is 2. The van der Waals surface area contributed by atoms with Gasteiger partial charge in [-0.2, -0.15) is 10.1 Å². The Labute approximate surface area is 227 Å². The molecule has 8 nitrogen and oxygen atoms in total. The molecule has 3 heterocycles. The zero-order chi connectivity index (χ0) is 27.1. The smallest absolute Gasteiger partial charge is 0.275 e. The van der Waals surface area contributed by atoms with Crippen LogP contribution < -0.4 is 5.56 Å². The summed E-state index contributed by atoms with van der Waals surface area (Å²) >= 11 is 0. The maximum absolute atomic E-state index is 14.3. The molecule has 1 saturated carbocycles. The zero-order valence-electron chi connectivity index (χ0n) is 22.4. The second kappa shape index (κ2) is 10.2. The molecule has 2 aromatic heterocycles. The van der Waals surface area contributed by atoms with Crippen molar-refractivity contribution >= 4 is 5.91 Å². The van der Waals surface area contributed by atoms with Crippen molar-refractivity contribution in [3.8, 4) is 23.1 Å². The molecule has 0 radical (unpaired) electrons. The van der Waals surface area contributed by atoms with E-state index in [4.69, 9.17) is 5.10 Å². The molecular formula is C31H33N5O3. The largest absolute Gasteiger partial charge is 0.493 e. The quantitative estimate of drug-likeness (QED) is 0.372. The molecule has 39 heavy (non-hydrogen) atoms. The summed E-state index contributed by atoms with van der Waals surface area (Å²) in [7, 11) is 0. The summed E-state index contributed by atoms with van der Waals surface area (Å²) in [5.41, 5.74) is 3.45. The Kier molecular flexibility index (Phi) is 6.54. The predicted molar refractivity (Wildman–Crippen MR) is 149 cm³/mol. The number of aromatic nitrogens is 4. The van der Waals surface area contributed by atoms with Gasteiger partial charge in [0.05, 0.1) is 11.7 Å². The van der Waals surface area contributed by atoms with Gasteiger partial charge in [0.2, 0.25) is 5.88 Å². The highest BCUT2D eigenvalue weighted by Gasteiger charge is 2.34. The lowest BCUT2D eigenvalue weighted by Gasteiger charge is -2.21. The summed E-state index contributed by atoms with van der Waals surface area (Å²) < 4.78 is 3.40. The van der Waals surface area contributed by atoms with Crippen molar-refractivity contribution in [2.75, 3.05) is 13.1 Å². The van der Waals surface area contributed by atoms with E-state index in [9.17, 15) is 14.7 Å². The van der Waals surface area contributed by atoms with Gasteiger partial charge in [0, 0.05) is 25.2 Å². The summed E-state index contributed by atoms with van der Waals surface area (Å²) in [5, 5.41) is 15.8. The fraction of sp³-hybridized carbons (Fsp3) is 0.355. The number of carbonyl (C=O) groups is 1. The molecule has 8 heteroatoms. The Morgan fingerprint density at radius 2 is 1.69 bits per heavy atom. The normalized spacial score (nSPS) is 17.1. The average molecular weight is 524 g/mol. The van der Waals surface area contributed by atoms with Crippen LogP contribution in [0.4, 0.5) is 0 Å². The lowest BCUT2D eigenvalue weighted by molar-refractivity contribution is 0.0784. The molecule has 2 aliphatic rings. The van der Waals surface area contributed by atoms with Gasteiger partial charge in [-0.3, -0.25) is 18.8 Å². The van der Waals surface area contributed by atoms with Gasteiger partial charge in [-0.25, -0.2) is 0 Å². The van der Waals surface area contributed by atoms with Crippen LogP contribution in [-0.2, 0) is 12.8 Å². The predicted octanol–water partition coefficient (Wildman–Crippen LogP) is 4.89. The number of aromatic hydroxyl groups is 1. The first-order valence-electron chi connectivity index (χ1n) is 13.9. The molecule has 1 aliphatic carbocycles. The van der Waals surface area contributed by atoms with Crippen LogP contribution in [0, 0.1) is 0 Å². The molecule has 2 aromatic carbocycles. The minimum atomic E-state index is -0.567. The van der Waals surface area contributed by atoms with Gasteiger partial charge in [-0.15, -0.1) is 0 Å². The molecule has 0 unspecified atom stereocenters. The van der Waals surface area contributed by atoms with Crippen LogP contribution in [0.2, 0.25) is 0 Å². The number of carbonyl (C=O) groups excluding carboxylic acids is 1. The van der Waals surface area contributed by atoms with Crippen LogP contribution in [0.1, 0.15) is 72.1 Å². The third-order valence-electron chi connectivity index (χ3n) is 7.97. The highest BCUT2D eigenvalue weighted by Crippen LogP contribution is 2.35. The summed E-state index contributed by atoms with van der Waals surface area (Å²) in [6, 6.07) is 18.2. The van der Waals surface area contributed by atoms with E-state index in [1.807, 2.05) is 67.2 Å². The van der Waals surface area contributed by atoms with Gasteiger partial charge in [-0.05, 0) is 54.9 Å². The number of rotatable bonds is 7. The zero-order valence-corrected chi connectivity index (χ0v) is 22.4. The standard InChI is InChI=1S/C31H33N5O3/c1-3-20-11-8-12-21(4-2)27(20)36-28(25-16-18-35(33-25)24-13-14-24)32-29(37)26(31(36)39)30(38)34-17-15-23(19-34)22-9-6-5-7-10-22/h5-12,16,18,23-24,37H,3-4,13-15,17,19H2,1-2H3/t23-/m1/s1. The molecular weight excluding hydrogens is 490 g/mol. The molecule has 200 valence electrons. The third kappa shape index (κ3) is 4.54. The lowest BCUT2D eigenvalue weighted by atomic mass is 9.99. The van der Waals surface area contributed by atoms with Crippen LogP contribution >= 0.6 is 0 Å². The van der Waals surface area contributed by atoms with Crippen LogP contribution in [0.5, 0.6) is 5.88 Å². The van der Waals surface area contributed by atoms with E-state index in [-0.39, 0.29) is 17.3 Å². The molecule has 1 amide bonds. The molecule has 1 aliphatic heterocycles. The van der Waals surface area contributed by atoms with Crippen molar-refractivity contribution in [2.45, 2.75) is 57.9 Å². The molecule has 1 saturated heterocycles. The van der Waals surface area contributed by atoms with E-state index in [1.165, 1.54) is 10.1 Å². The summed E-state index contributed by atoms with van der Waals surface area (Å²) in [5.74, 6) is -0.607. The number of likely N-dealkylation sites (tertiary alicyclic amines) is 1. The lowest BCUT2D eigenvalue weighted by Crippen LogP contribution is -2.36. The minimum Gasteiger partial charge on any atom is -0.493 e. The molecule has 6 rings (SSSR count). The first kappa shape index (κ1) is 25.1.